The van der Waals surface area contributed by atoms with E-state index in [2.05, 4.69) is 26.0 Å². The van der Waals surface area contributed by atoms with Gasteiger partial charge in [0.15, 0.2) is 5.82 Å². The molecule has 4 aliphatic heterocycles. The van der Waals surface area contributed by atoms with Crippen LogP contribution in [0.3, 0.4) is 0 Å². The Morgan fingerprint density at radius 2 is 1.93 bits per heavy atom. The van der Waals surface area contributed by atoms with E-state index < -0.39 is 12.0 Å². The van der Waals surface area contributed by atoms with Crippen LogP contribution in [0.4, 0.5) is 14.6 Å². The van der Waals surface area contributed by atoms with E-state index in [-0.39, 0.29) is 35.0 Å². The lowest BCUT2D eigenvalue weighted by atomic mass is 9.93. The number of hydrogen-bond acceptors (Lipinski definition) is 7. The van der Waals surface area contributed by atoms with Gasteiger partial charge in [0.25, 0.3) is 0 Å². The number of hydrogen-bond donors (Lipinski definition) is 2. The van der Waals surface area contributed by atoms with E-state index in [0.29, 0.717) is 52.8 Å². The molecule has 0 amide bonds. The second-order valence-electron chi connectivity index (χ2n) is 12.6. The molecule has 2 bridgehead atoms. The Bertz CT molecular complexity index is 1800. The van der Waals surface area contributed by atoms with Gasteiger partial charge in [-0.25, -0.2) is 8.78 Å². The highest BCUT2D eigenvalue weighted by Gasteiger charge is 2.49. The van der Waals surface area contributed by atoms with Crippen LogP contribution in [0.5, 0.6) is 11.8 Å². The van der Waals surface area contributed by atoms with E-state index in [0.717, 1.165) is 50.7 Å². The van der Waals surface area contributed by atoms with Gasteiger partial charge >= 0.3 is 6.01 Å². The molecule has 7 nitrogen and oxygen atoms in total. The molecule has 3 unspecified atom stereocenters. The summed E-state index contributed by atoms with van der Waals surface area (Å²) in [4.78, 5) is 13.9. The molecule has 4 saturated heterocycles. The summed E-state index contributed by atoms with van der Waals surface area (Å²) in [5, 5.41) is 16.2. The van der Waals surface area contributed by atoms with Gasteiger partial charge in [-0.05, 0) is 67.4 Å². The number of anilines is 1. The van der Waals surface area contributed by atoms with E-state index in [1.807, 2.05) is 24.3 Å². The second kappa shape index (κ2) is 10.0. The maximum absolute atomic E-state index is 16.8. The Kier molecular flexibility index (Phi) is 6.21. The van der Waals surface area contributed by atoms with Gasteiger partial charge in [-0.3, -0.25) is 4.90 Å². The molecule has 0 radical (unpaired) electrons. The Balaban J connectivity index is 1.27. The number of alkyl halides is 1. The molecule has 0 spiro atoms. The maximum Gasteiger partial charge on any atom is 0.319 e. The minimum atomic E-state index is -0.877. The third-order valence-corrected chi connectivity index (χ3v) is 9.92. The topological polar surface area (TPSA) is 73.8 Å². The third kappa shape index (κ3) is 4.38. The summed E-state index contributed by atoms with van der Waals surface area (Å²) in [5.41, 5.74) is 1.15. The van der Waals surface area contributed by atoms with Gasteiger partial charge in [-0.2, -0.15) is 9.97 Å². The first-order chi connectivity index (χ1) is 20.9. The number of phenolic OH excluding ortho intramolecular Hbond substituents is 1. The van der Waals surface area contributed by atoms with Crippen LogP contribution < -0.4 is 15.0 Å². The number of nitrogens with one attached hydrogen (secondary N) is 1. The van der Waals surface area contributed by atoms with E-state index >= 15 is 4.39 Å². The number of rotatable bonds is 5. The monoisotopic (exact) mass is 581 g/mol. The van der Waals surface area contributed by atoms with Crippen molar-refractivity contribution in [1.82, 2.24) is 20.2 Å². The number of aromatic nitrogens is 2. The first-order valence-corrected chi connectivity index (χ1v) is 15.2. The van der Waals surface area contributed by atoms with Gasteiger partial charge in [0.05, 0.1) is 5.54 Å². The molecule has 43 heavy (non-hydrogen) atoms. The summed E-state index contributed by atoms with van der Waals surface area (Å²) in [5.74, 6) is 2.83. The van der Waals surface area contributed by atoms with Gasteiger partial charge in [-0.1, -0.05) is 24.1 Å². The fourth-order valence-electron chi connectivity index (χ4n) is 8.00. The number of aromatic hydroxyl groups is 1. The number of nitrogens with zero attached hydrogens (tertiary/aromatic N) is 4. The van der Waals surface area contributed by atoms with Gasteiger partial charge in [-0.15, -0.1) is 6.42 Å². The summed E-state index contributed by atoms with van der Waals surface area (Å²) in [6, 6.07) is 13.0. The lowest BCUT2D eigenvalue weighted by Crippen LogP contribution is -2.51. The van der Waals surface area contributed by atoms with Crippen molar-refractivity contribution in [1.29, 1.82) is 0 Å². The number of benzene rings is 3. The molecule has 220 valence electrons. The predicted octanol–water partition coefficient (Wildman–Crippen LogP) is 5.17. The Labute approximate surface area is 248 Å². The maximum atomic E-state index is 16.8. The molecule has 1 aromatic heterocycles. The Morgan fingerprint density at radius 3 is 2.74 bits per heavy atom. The zero-order valence-electron chi connectivity index (χ0n) is 23.8. The number of phenols is 1. The first-order valence-electron chi connectivity index (χ1n) is 15.2. The van der Waals surface area contributed by atoms with Crippen LogP contribution in [0, 0.1) is 18.2 Å². The standard InChI is InChI=1S/C34H33F2N5O2/c1-2-20-5-3-6-21-13-25(42)14-28(29(20)21)26-9-10-27-31(30(26)36)38-33(39-32(27)40-17-23-7-8-24(18-40)37-23)43-19-34-11-4-12-41(34)16-22(35)15-34/h1,3,5-6,9-10,13-14,22-24,37,42H,4,7-8,11-12,15-19H2/t22-,23?,24?,34?/m1/s1. The van der Waals surface area contributed by atoms with Crippen molar-refractivity contribution >= 4 is 27.5 Å². The van der Waals surface area contributed by atoms with E-state index in [4.69, 9.17) is 16.1 Å². The minimum absolute atomic E-state index is 0.0166. The van der Waals surface area contributed by atoms with E-state index in [1.165, 1.54) is 0 Å². The van der Waals surface area contributed by atoms with Crippen LogP contribution in [0.1, 0.15) is 37.7 Å². The molecule has 5 heterocycles. The summed E-state index contributed by atoms with van der Waals surface area (Å²) in [6.45, 7) is 3.05. The highest BCUT2D eigenvalue weighted by atomic mass is 19.1. The molecule has 4 fully saturated rings. The normalized spacial score (nSPS) is 26.7. The van der Waals surface area contributed by atoms with Gasteiger partial charge in [0, 0.05) is 60.0 Å². The number of terminal acetylenes is 1. The van der Waals surface area contributed by atoms with Crippen LogP contribution in [0.15, 0.2) is 42.5 Å². The van der Waals surface area contributed by atoms with Crippen molar-refractivity contribution in [3.05, 3.63) is 53.8 Å². The zero-order chi connectivity index (χ0) is 29.3. The number of fused-ring (bicyclic) bond motifs is 5. The molecule has 4 aliphatic rings. The number of halogens is 2. The molecule has 0 aliphatic carbocycles. The third-order valence-electron chi connectivity index (χ3n) is 9.92. The first kappa shape index (κ1) is 26.6. The van der Waals surface area contributed by atoms with Gasteiger partial charge < -0.3 is 20.1 Å². The predicted molar refractivity (Wildman–Crippen MR) is 163 cm³/mol. The van der Waals surface area contributed by atoms with Crippen LogP contribution in [-0.4, -0.2) is 76.6 Å². The van der Waals surface area contributed by atoms with Gasteiger partial charge in [0.1, 0.15) is 29.9 Å². The highest BCUT2D eigenvalue weighted by Crippen LogP contribution is 2.42. The smallest absolute Gasteiger partial charge is 0.319 e. The number of ether oxygens (including phenoxy) is 1. The lowest BCUT2D eigenvalue weighted by Gasteiger charge is -2.34. The molecule has 0 saturated carbocycles. The van der Waals surface area contributed by atoms with Crippen molar-refractivity contribution < 1.29 is 18.6 Å². The van der Waals surface area contributed by atoms with E-state index in [1.54, 1.807) is 18.2 Å². The van der Waals surface area contributed by atoms with Crippen LogP contribution in [0.25, 0.3) is 32.8 Å². The van der Waals surface area contributed by atoms with Gasteiger partial charge in [0.2, 0.25) is 0 Å². The summed E-state index contributed by atoms with van der Waals surface area (Å²) >= 11 is 0. The average Bonchev–Trinajstić information content (AvgIpc) is 3.65. The van der Waals surface area contributed by atoms with Crippen molar-refractivity contribution in [2.45, 2.75) is 55.9 Å². The second-order valence-corrected chi connectivity index (χ2v) is 12.6. The van der Waals surface area contributed by atoms with E-state index in [9.17, 15) is 9.50 Å². The molecule has 3 aromatic carbocycles. The quantitative estimate of drug-likeness (QED) is 0.315. The average molecular weight is 582 g/mol. The summed E-state index contributed by atoms with van der Waals surface area (Å²) < 4.78 is 37.5. The fraction of sp³-hybridized carbons (Fsp3) is 0.412. The highest BCUT2D eigenvalue weighted by molar-refractivity contribution is 6.04. The molecule has 2 N–H and O–H groups in total. The van der Waals surface area contributed by atoms with Crippen molar-refractivity contribution in [2.24, 2.45) is 0 Å². The minimum Gasteiger partial charge on any atom is -0.508 e. The zero-order valence-corrected chi connectivity index (χ0v) is 23.8. The summed E-state index contributed by atoms with van der Waals surface area (Å²) in [7, 11) is 0. The Morgan fingerprint density at radius 1 is 1.09 bits per heavy atom. The number of piperazine rings is 1. The largest absolute Gasteiger partial charge is 0.508 e. The van der Waals surface area contributed by atoms with Crippen molar-refractivity contribution in [3.8, 4) is 35.2 Å². The summed E-state index contributed by atoms with van der Waals surface area (Å²) in [6.07, 6.45) is 9.42. The van der Waals surface area contributed by atoms with Crippen LogP contribution >= 0.6 is 0 Å². The van der Waals surface area contributed by atoms with Crippen molar-refractivity contribution in [2.75, 3.05) is 37.7 Å². The Hall–Kier alpha value is -4.00. The SMILES string of the molecule is C#Cc1cccc2cc(O)cc(-c3ccc4c(N5CC6CCC(C5)N6)nc(OCC56CCCN5C[C@H](F)C6)nc4c3F)c12. The van der Waals surface area contributed by atoms with Crippen molar-refractivity contribution in [3.63, 3.8) is 0 Å². The lowest BCUT2D eigenvalue weighted by molar-refractivity contribution is 0.107. The molecule has 8 rings (SSSR count). The molecule has 4 atom stereocenters. The molecule has 4 aromatic rings. The molecular weight excluding hydrogens is 548 g/mol. The fourth-order valence-corrected chi connectivity index (χ4v) is 8.00. The van der Waals surface area contributed by atoms with Crippen LogP contribution in [0.2, 0.25) is 0 Å². The molecule has 9 heteroatoms. The molecular formula is C34H33F2N5O2. The van der Waals surface area contributed by atoms with Crippen LogP contribution in [-0.2, 0) is 0 Å².